The Labute approximate surface area is 84.3 Å². The number of rotatable bonds is 1. The molecule has 2 aromatic rings. The van der Waals surface area contributed by atoms with Gasteiger partial charge in [-0.1, -0.05) is 15.9 Å². The van der Waals surface area contributed by atoms with Gasteiger partial charge in [-0.2, -0.15) is 0 Å². The molecule has 0 saturated carbocycles. The van der Waals surface area contributed by atoms with Gasteiger partial charge in [-0.05, 0) is 18.2 Å². The van der Waals surface area contributed by atoms with Gasteiger partial charge < -0.3 is 10.3 Å². The first-order valence-electron chi connectivity index (χ1n) is 3.81. The fraction of sp³-hybridized carbons (Fsp3) is 0. The molecule has 0 amide bonds. The number of imidazole rings is 1. The molecule has 0 spiro atoms. The quantitative estimate of drug-likeness (QED) is 0.774. The van der Waals surface area contributed by atoms with Gasteiger partial charge in [0.25, 0.3) is 0 Å². The summed E-state index contributed by atoms with van der Waals surface area (Å²) in [7, 11) is 0. The molecule has 0 aliphatic rings. The van der Waals surface area contributed by atoms with Gasteiger partial charge in [-0.3, -0.25) is 0 Å². The van der Waals surface area contributed by atoms with E-state index in [0.29, 0.717) is 0 Å². The molecule has 66 valence electrons. The van der Waals surface area contributed by atoms with Gasteiger partial charge in [-0.15, -0.1) is 0 Å². The van der Waals surface area contributed by atoms with Crippen molar-refractivity contribution in [3.63, 3.8) is 0 Å². The summed E-state index contributed by atoms with van der Waals surface area (Å²) in [5.74, 6) is 0. The minimum atomic E-state index is 0.737. The Kier molecular flexibility index (Phi) is 2.06. The molecule has 3 nitrogen and oxygen atoms in total. The zero-order valence-corrected chi connectivity index (χ0v) is 8.40. The van der Waals surface area contributed by atoms with Crippen LogP contribution in [0.3, 0.4) is 0 Å². The Bertz CT molecular complexity index is 409. The zero-order valence-electron chi connectivity index (χ0n) is 6.81. The molecule has 2 N–H and O–H groups in total. The third-order valence-electron chi connectivity index (χ3n) is 1.78. The number of anilines is 1. The van der Waals surface area contributed by atoms with E-state index in [1.807, 2.05) is 29.0 Å². The first-order chi connectivity index (χ1) is 6.27. The molecule has 2 rings (SSSR count). The summed E-state index contributed by atoms with van der Waals surface area (Å²) in [6.07, 6.45) is 5.30. The van der Waals surface area contributed by atoms with E-state index in [2.05, 4.69) is 20.9 Å². The van der Waals surface area contributed by atoms with Crippen molar-refractivity contribution in [3.05, 3.63) is 41.4 Å². The van der Waals surface area contributed by atoms with E-state index in [1.165, 1.54) is 0 Å². The predicted molar refractivity (Wildman–Crippen MR) is 55.7 cm³/mol. The molecular weight excluding hydrogens is 230 g/mol. The topological polar surface area (TPSA) is 43.8 Å². The highest BCUT2D eigenvalue weighted by Crippen LogP contribution is 2.21. The minimum Gasteiger partial charge on any atom is -0.397 e. The van der Waals surface area contributed by atoms with Gasteiger partial charge in [0.15, 0.2) is 0 Å². The molecule has 0 unspecified atom stereocenters. The standard InChI is InChI=1S/C9H8BrN3/c10-7-1-2-8(11)9(5-7)13-4-3-12-6-13/h1-6H,11H2. The molecule has 1 aromatic heterocycles. The second kappa shape index (κ2) is 3.22. The lowest BCUT2D eigenvalue weighted by molar-refractivity contribution is 1.06. The summed E-state index contributed by atoms with van der Waals surface area (Å²) < 4.78 is 2.88. The molecule has 0 saturated heterocycles. The maximum Gasteiger partial charge on any atom is 0.0992 e. The molecule has 1 heterocycles. The average molecular weight is 238 g/mol. The summed E-state index contributed by atoms with van der Waals surface area (Å²) >= 11 is 3.39. The van der Waals surface area contributed by atoms with Crippen LogP contribution in [0.15, 0.2) is 41.4 Å². The molecule has 0 radical (unpaired) electrons. The normalized spacial score (nSPS) is 10.2. The van der Waals surface area contributed by atoms with Crippen molar-refractivity contribution in [2.24, 2.45) is 0 Å². The fourth-order valence-corrected chi connectivity index (χ4v) is 1.49. The van der Waals surface area contributed by atoms with Crippen molar-refractivity contribution < 1.29 is 0 Å². The monoisotopic (exact) mass is 237 g/mol. The molecule has 0 fully saturated rings. The van der Waals surface area contributed by atoms with E-state index in [-0.39, 0.29) is 0 Å². The van der Waals surface area contributed by atoms with E-state index >= 15 is 0 Å². The Morgan fingerprint density at radius 1 is 1.38 bits per heavy atom. The number of nitrogens with two attached hydrogens (primary N) is 1. The maximum atomic E-state index is 5.81. The predicted octanol–water partition coefficient (Wildman–Crippen LogP) is 2.22. The van der Waals surface area contributed by atoms with Crippen LogP contribution in [0.5, 0.6) is 0 Å². The van der Waals surface area contributed by atoms with Crippen LogP contribution in [0.1, 0.15) is 0 Å². The zero-order chi connectivity index (χ0) is 9.26. The fourth-order valence-electron chi connectivity index (χ4n) is 1.14. The van der Waals surface area contributed by atoms with Crippen LogP contribution in [0, 0.1) is 0 Å². The molecule has 4 heteroatoms. The SMILES string of the molecule is Nc1ccc(Br)cc1-n1ccnc1. The van der Waals surface area contributed by atoms with Crippen molar-refractivity contribution in [2.75, 3.05) is 5.73 Å². The number of nitrogen functional groups attached to an aromatic ring is 1. The van der Waals surface area contributed by atoms with E-state index in [4.69, 9.17) is 5.73 Å². The lowest BCUT2D eigenvalue weighted by Gasteiger charge is -2.05. The average Bonchev–Trinajstić information content (AvgIpc) is 2.61. The van der Waals surface area contributed by atoms with Crippen LogP contribution < -0.4 is 5.73 Å². The van der Waals surface area contributed by atoms with Gasteiger partial charge in [0.1, 0.15) is 0 Å². The molecule has 1 aromatic carbocycles. The number of hydrogen-bond acceptors (Lipinski definition) is 2. The Morgan fingerprint density at radius 2 is 2.23 bits per heavy atom. The maximum absolute atomic E-state index is 5.81. The Morgan fingerprint density at radius 3 is 2.92 bits per heavy atom. The lowest BCUT2D eigenvalue weighted by Crippen LogP contribution is -1.96. The summed E-state index contributed by atoms with van der Waals surface area (Å²) in [6, 6.07) is 5.73. The number of nitrogens with zero attached hydrogens (tertiary/aromatic N) is 2. The van der Waals surface area contributed by atoms with Crippen LogP contribution >= 0.6 is 15.9 Å². The van der Waals surface area contributed by atoms with Crippen molar-refractivity contribution in [3.8, 4) is 5.69 Å². The van der Waals surface area contributed by atoms with Crippen molar-refractivity contribution in [1.29, 1.82) is 0 Å². The minimum absolute atomic E-state index is 0.737. The van der Waals surface area contributed by atoms with Gasteiger partial charge >= 0.3 is 0 Å². The second-order valence-electron chi connectivity index (χ2n) is 2.67. The lowest BCUT2D eigenvalue weighted by atomic mass is 10.3. The number of hydrogen-bond donors (Lipinski definition) is 1. The number of aromatic nitrogens is 2. The third kappa shape index (κ3) is 1.58. The first-order valence-corrected chi connectivity index (χ1v) is 4.60. The van der Waals surface area contributed by atoms with Gasteiger partial charge in [0.05, 0.1) is 17.7 Å². The Balaban J connectivity index is 2.57. The molecule has 0 atom stereocenters. The highest BCUT2D eigenvalue weighted by molar-refractivity contribution is 9.10. The highest BCUT2D eigenvalue weighted by Gasteiger charge is 2.00. The van der Waals surface area contributed by atoms with Crippen molar-refractivity contribution >= 4 is 21.6 Å². The summed E-state index contributed by atoms with van der Waals surface area (Å²) in [5.41, 5.74) is 7.49. The second-order valence-corrected chi connectivity index (χ2v) is 3.59. The Hall–Kier alpha value is -1.29. The van der Waals surface area contributed by atoms with Gasteiger partial charge in [-0.25, -0.2) is 4.98 Å². The van der Waals surface area contributed by atoms with E-state index in [1.54, 1.807) is 12.5 Å². The van der Waals surface area contributed by atoms with E-state index in [0.717, 1.165) is 15.8 Å². The van der Waals surface area contributed by atoms with Gasteiger partial charge in [0.2, 0.25) is 0 Å². The van der Waals surface area contributed by atoms with Crippen molar-refractivity contribution in [1.82, 2.24) is 9.55 Å². The first kappa shape index (κ1) is 8.31. The van der Waals surface area contributed by atoms with Crippen LogP contribution in [-0.2, 0) is 0 Å². The van der Waals surface area contributed by atoms with E-state index in [9.17, 15) is 0 Å². The van der Waals surface area contributed by atoms with Crippen LogP contribution in [0.25, 0.3) is 5.69 Å². The molecule has 13 heavy (non-hydrogen) atoms. The van der Waals surface area contributed by atoms with E-state index < -0.39 is 0 Å². The van der Waals surface area contributed by atoms with Crippen LogP contribution in [0.2, 0.25) is 0 Å². The summed E-state index contributed by atoms with van der Waals surface area (Å²) in [5, 5.41) is 0. The molecule has 0 bridgehead atoms. The highest BCUT2D eigenvalue weighted by atomic mass is 79.9. The van der Waals surface area contributed by atoms with Crippen LogP contribution in [-0.4, -0.2) is 9.55 Å². The van der Waals surface area contributed by atoms with Crippen molar-refractivity contribution in [2.45, 2.75) is 0 Å². The number of benzene rings is 1. The summed E-state index contributed by atoms with van der Waals surface area (Å²) in [4.78, 5) is 3.96. The molecular formula is C9H8BrN3. The van der Waals surface area contributed by atoms with Crippen LogP contribution in [0.4, 0.5) is 5.69 Å². The van der Waals surface area contributed by atoms with Gasteiger partial charge in [0, 0.05) is 16.9 Å². The largest absolute Gasteiger partial charge is 0.397 e. The number of halogens is 1. The summed E-state index contributed by atoms with van der Waals surface area (Å²) in [6.45, 7) is 0. The smallest absolute Gasteiger partial charge is 0.0992 e. The molecule has 0 aliphatic carbocycles. The third-order valence-corrected chi connectivity index (χ3v) is 2.27. The molecule has 0 aliphatic heterocycles.